The highest BCUT2D eigenvalue weighted by molar-refractivity contribution is 7.89. The molecular formula is C23H18F8N6O3S. The number of aromatic nitrogens is 4. The Morgan fingerprint density at radius 3 is 2.22 bits per heavy atom. The van der Waals surface area contributed by atoms with E-state index >= 15 is 0 Å². The molecular weight excluding hydrogens is 592 g/mol. The highest BCUT2D eigenvalue weighted by Crippen LogP contribution is 2.35. The van der Waals surface area contributed by atoms with Gasteiger partial charge in [-0.2, -0.15) is 30.6 Å². The van der Waals surface area contributed by atoms with Crippen LogP contribution in [0.25, 0.3) is 11.3 Å². The predicted molar refractivity (Wildman–Crippen MR) is 123 cm³/mol. The van der Waals surface area contributed by atoms with Crippen LogP contribution in [-0.4, -0.2) is 56.8 Å². The van der Waals surface area contributed by atoms with Gasteiger partial charge in [-0.25, -0.2) is 32.2 Å². The third-order valence-electron chi connectivity index (χ3n) is 6.17. The molecule has 1 fully saturated rings. The van der Waals surface area contributed by atoms with E-state index in [1.807, 2.05) is 0 Å². The number of halogens is 8. The summed E-state index contributed by atoms with van der Waals surface area (Å²) in [6, 6.07) is -0.584. The van der Waals surface area contributed by atoms with E-state index in [2.05, 4.69) is 25.3 Å². The van der Waals surface area contributed by atoms with Gasteiger partial charge in [0.25, 0.3) is 10.0 Å². The first kappa shape index (κ1) is 30.2. The molecule has 4 rings (SSSR count). The van der Waals surface area contributed by atoms with Gasteiger partial charge in [0.1, 0.15) is 18.0 Å². The van der Waals surface area contributed by atoms with Crippen molar-refractivity contribution in [2.45, 2.75) is 55.5 Å². The molecule has 9 nitrogen and oxygen atoms in total. The second-order valence-electron chi connectivity index (χ2n) is 8.89. The molecule has 0 spiro atoms. The summed E-state index contributed by atoms with van der Waals surface area (Å²) in [6.45, 7) is 0.345. The van der Waals surface area contributed by atoms with E-state index in [-0.39, 0.29) is 11.3 Å². The van der Waals surface area contributed by atoms with Gasteiger partial charge >= 0.3 is 12.4 Å². The van der Waals surface area contributed by atoms with Crippen LogP contribution in [0.3, 0.4) is 0 Å². The van der Waals surface area contributed by atoms with Crippen molar-refractivity contribution in [1.82, 2.24) is 29.6 Å². The van der Waals surface area contributed by atoms with Crippen molar-refractivity contribution in [3.8, 4) is 11.3 Å². The molecule has 3 atom stereocenters. The van der Waals surface area contributed by atoms with Gasteiger partial charge in [-0.15, -0.1) is 0 Å². The molecule has 4 heterocycles. The molecule has 0 saturated carbocycles. The van der Waals surface area contributed by atoms with Crippen LogP contribution in [-0.2, 0) is 33.7 Å². The highest BCUT2D eigenvalue weighted by atomic mass is 32.2. The number of nitrogens with one attached hydrogen (secondary N) is 1. The van der Waals surface area contributed by atoms with E-state index in [1.165, 1.54) is 6.92 Å². The first-order valence-electron chi connectivity index (χ1n) is 11.5. The number of rotatable bonds is 6. The molecule has 1 saturated heterocycles. The van der Waals surface area contributed by atoms with Gasteiger partial charge in [-0.3, -0.25) is 9.78 Å². The summed E-state index contributed by atoms with van der Waals surface area (Å²) in [5.74, 6) is -3.46. The number of hydrogen-bond donors (Lipinski definition) is 1. The molecule has 1 aliphatic heterocycles. The maximum Gasteiger partial charge on any atom is 0.451 e. The largest absolute Gasteiger partial charge is 0.451 e. The fourth-order valence-corrected chi connectivity index (χ4v) is 5.88. The van der Waals surface area contributed by atoms with Crippen LogP contribution in [0, 0.1) is 5.82 Å². The van der Waals surface area contributed by atoms with Crippen LogP contribution < -0.4 is 5.32 Å². The first-order valence-corrected chi connectivity index (χ1v) is 13.0. The quantitative estimate of drug-likeness (QED) is 0.421. The molecule has 0 aromatic carbocycles. The number of carbonyl (C=O) groups is 1. The van der Waals surface area contributed by atoms with Crippen molar-refractivity contribution in [2.75, 3.05) is 0 Å². The smallest absolute Gasteiger partial charge is 0.351 e. The Bertz CT molecular complexity index is 1530. The van der Waals surface area contributed by atoms with Crippen molar-refractivity contribution in [3.05, 3.63) is 65.8 Å². The van der Waals surface area contributed by atoms with Crippen LogP contribution in [0.4, 0.5) is 35.1 Å². The first-order chi connectivity index (χ1) is 19.0. The Hall–Kier alpha value is -3.80. The summed E-state index contributed by atoms with van der Waals surface area (Å²) < 4.78 is 134. The van der Waals surface area contributed by atoms with Gasteiger partial charge in [0.05, 0.1) is 23.5 Å². The number of nitrogens with zero attached hydrogens (tertiary/aromatic N) is 5. The number of alkyl halides is 7. The average molecular weight is 610 g/mol. The number of sulfonamides is 1. The topological polar surface area (TPSA) is 118 Å². The van der Waals surface area contributed by atoms with Crippen LogP contribution in [0.5, 0.6) is 0 Å². The number of amides is 1. The summed E-state index contributed by atoms with van der Waals surface area (Å²) in [6.07, 6.45) is -9.83. The maximum atomic E-state index is 14.6. The maximum absolute atomic E-state index is 14.6. The minimum atomic E-state index is -4.96. The second kappa shape index (κ2) is 10.9. The summed E-state index contributed by atoms with van der Waals surface area (Å²) in [5, 5.41) is 1.49. The van der Waals surface area contributed by atoms with Crippen molar-refractivity contribution < 1.29 is 48.3 Å². The van der Waals surface area contributed by atoms with Gasteiger partial charge in [-0.05, 0) is 30.7 Å². The zero-order valence-electron chi connectivity index (χ0n) is 20.6. The molecule has 1 amide bonds. The van der Waals surface area contributed by atoms with Crippen molar-refractivity contribution >= 4 is 15.9 Å². The minimum absolute atomic E-state index is 0.159. The Morgan fingerprint density at radius 1 is 1.00 bits per heavy atom. The summed E-state index contributed by atoms with van der Waals surface area (Å²) in [4.78, 5) is 26.4. The normalized spacial score (nSPS) is 20.3. The lowest BCUT2D eigenvalue weighted by Gasteiger charge is -2.26. The van der Waals surface area contributed by atoms with Gasteiger partial charge in [0.2, 0.25) is 11.7 Å². The fraction of sp³-hybridized carbons (Fsp3) is 0.348. The third-order valence-corrected chi connectivity index (χ3v) is 8.09. The molecule has 0 radical (unpaired) electrons. The van der Waals surface area contributed by atoms with Crippen molar-refractivity contribution in [2.24, 2.45) is 0 Å². The molecule has 41 heavy (non-hydrogen) atoms. The molecule has 3 aromatic rings. The Morgan fingerprint density at radius 2 is 1.66 bits per heavy atom. The molecule has 18 heteroatoms. The molecule has 0 bridgehead atoms. The zero-order valence-corrected chi connectivity index (χ0v) is 21.4. The number of hydrogen-bond acceptors (Lipinski definition) is 7. The van der Waals surface area contributed by atoms with E-state index in [0.717, 1.165) is 18.2 Å². The predicted octanol–water partition coefficient (Wildman–Crippen LogP) is 3.92. The summed E-state index contributed by atoms with van der Waals surface area (Å²) in [7, 11) is -4.63. The van der Waals surface area contributed by atoms with E-state index < -0.39 is 87.3 Å². The second-order valence-corrected chi connectivity index (χ2v) is 10.7. The SMILES string of the molecule is CC1[C@H](F)CC(C(=O)NCc2cc(-c3cnc(C(F)(F)F)nc3)ncc2C(F)(F)F)N1S(=O)(=O)c1ccc(F)cn1. The van der Waals surface area contributed by atoms with Crippen molar-refractivity contribution in [1.29, 1.82) is 0 Å². The van der Waals surface area contributed by atoms with Crippen LogP contribution >= 0.6 is 0 Å². The lowest BCUT2D eigenvalue weighted by Crippen LogP contribution is -2.48. The Kier molecular flexibility index (Phi) is 8.01. The van der Waals surface area contributed by atoms with Gasteiger partial charge in [0.15, 0.2) is 5.03 Å². The number of pyridine rings is 2. The fourth-order valence-electron chi connectivity index (χ4n) is 4.15. The summed E-state index contributed by atoms with van der Waals surface area (Å²) >= 11 is 0. The van der Waals surface area contributed by atoms with Gasteiger partial charge < -0.3 is 5.32 Å². The number of carbonyl (C=O) groups excluding carboxylic acids is 1. The minimum Gasteiger partial charge on any atom is -0.351 e. The zero-order chi connectivity index (χ0) is 30.3. The van der Waals surface area contributed by atoms with Gasteiger partial charge in [0, 0.05) is 37.1 Å². The molecule has 220 valence electrons. The highest BCUT2D eigenvalue weighted by Gasteiger charge is 2.49. The molecule has 1 N–H and O–H groups in total. The summed E-state index contributed by atoms with van der Waals surface area (Å²) in [5.41, 5.74) is -2.28. The Balaban J connectivity index is 1.61. The van der Waals surface area contributed by atoms with Crippen LogP contribution in [0.2, 0.25) is 0 Å². The lowest BCUT2D eigenvalue weighted by molar-refractivity contribution is -0.145. The van der Waals surface area contributed by atoms with Gasteiger partial charge in [-0.1, -0.05) is 0 Å². The lowest BCUT2D eigenvalue weighted by atomic mass is 10.1. The Labute approximate surface area is 226 Å². The molecule has 0 aliphatic carbocycles. The van der Waals surface area contributed by atoms with E-state index in [4.69, 9.17) is 0 Å². The molecule has 3 aromatic heterocycles. The monoisotopic (exact) mass is 610 g/mol. The molecule has 1 aliphatic rings. The third kappa shape index (κ3) is 6.27. The van der Waals surface area contributed by atoms with E-state index in [9.17, 15) is 48.3 Å². The van der Waals surface area contributed by atoms with E-state index in [0.29, 0.717) is 29.1 Å². The van der Waals surface area contributed by atoms with E-state index in [1.54, 1.807) is 0 Å². The van der Waals surface area contributed by atoms with Crippen LogP contribution in [0.1, 0.15) is 30.3 Å². The van der Waals surface area contributed by atoms with Crippen LogP contribution in [0.15, 0.2) is 48.0 Å². The standard InChI is InChI=1S/C23H18F8N6O3S/c1-11-16(25)5-18(37(11)41(39,40)19-3-2-14(24)9-33-19)20(38)34-6-12-4-17(32-10-15(12)22(26,27)28)13-7-35-21(36-8-13)23(29,30)31/h2-4,7-11,16,18H,5-6H2,1H3,(H,34,38)/t11?,16-,18?/m1/s1. The average Bonchev–Trinajstić information content (AvgIpc) is 3.21. The van der Waals surface area contributed by atoms with Crippen molar-refractivity contribution in [3.63, 3.8) is 0 Å². The molecule has 2 unspecified atom stereocenters.